The third-order valence-corrected chi connectivity index (χ3v) is 3.83. The summed E-state index contributed by atoms with van der Waals surface area (Å²) in [5, 5.41) is 12.8. The van der Waals surface area contributed by atoms with Crippen LogP contribution in [0, 0.1) is 6.92 Å². The maximum Gasteiger partial charge on any atom is 0.251 e. The summed E-state index contributed by atoms with van der Waals surface area (Å²) in [6.45, 7) is 1.89. The van der Waals surface area contributed by atoms with Gasteiger partial charge in [-0.25, -0.2) is 0 Å². The Morgan fingerprint density at radius 3 is 2.71 bits per heavy atom. The van der Waals surface area contributed by atoms with Crippen LogP contribution in [0.15, 0.2) is 18.2 Å². The first kappa shape index (κ1) is 12.4. The van der Waals surface area contributed by atoms with E-state index in [0.29, 0.717) is 10.6 Å². The second-order valence-corrected chi connectivity index (χ2v) is 5.12. The third-order valence-electron chi connectivity index (χ3n) is 3.43. The van der Waals surface area contributed by atoms with Gasteiger partial charge in [0.25, 0.3) is 5.91 Å². The number of aliphatic hydroxyl groups excluding tert-OH is 1. The van der Waals surface area contributed by atoms with Crippen LogP contribution in [-0.2, 0) is 0 Å². The van der Waals surface area contributed by atoms with E-state index in [9.17, 15) is 9.90 Å². The first-order chi connectivity index (χ1) is 8.06. The number of nitrogens with one attached hydrogen (secondary N) is 1. The molecule has 2 N–H and O–H groups in total. The van der Waals surface area contributed by atoms with Gasteiger partial charge in [0.2, 0.25) is 0 Å². The van der Waals surface area contributed by atoms with Crippen molar-refractivity contribution < 1.29 is 9.90 Å². The maximum absolute atomic E-state index is 12.0. The zero-order valence-corrected chi connectivity index (χ0v) is 10.5. The summed E-state index contributed by atoms with van der Waals surface area (Å²) in [5.74, 6) is -0.166. The van der Waals surface area contributed by atoms with E-state index < -0.39 is 5.54 Å². The zero-order valence-electron chi connectivity index (χ0n) is 9.79. The van der Waals surface area contributed by atoms with Gasteiger partial charge in [0.15, 0.2) is 0 Å². The number of halogens is 1. The molecule has 0 unspecified atom stereocenters. The lowest BCUT2D eigenvalue weighted by atomic mass is 9.77. The van der Waals surface area contributed by atoms with Crippen molar-refractivity contribution in [2.75, 3.05) is 6.61 Å². The van der Waals surface area contributed by atoms with E-state index in [2.05, 4.69) is 5.32 Å². The highest BCUT2D eigenvalue weighted by Crippen LogP contribution is 2.31. The van der Waals surface area contributed by atoms with E-state index in [-0.39, 0.29) is 12.5 Å². The molecule has 3 nitrogen and oxygen atoms in total. The summed E-state index contributed by atoms with van der Waals surface area (Å²) in [6.07, 6.45) is 2.74. The standard InChI is InChI=1S/C13H16ClNO2/c1-9-3-4-10(7-11(9)14)12(17)15-13(8-16)5-2-6-13/h3-4,7,16H,2,5-6,8H2,1H3,(H,15,17). The molecule has 0 spiro atoms. The summed E-state index contributed by atoms with van der Waals surface area (Å²) >= 11 is 5.98. The van der Waals surface area contributed by atoms with Crippen LogP contribution in [0.1, 0.15) is 35.2 Å². The molecule has 92 valence electrons. The Hall–Kier alpha value is -1.06. The summed E-state index contributed by atoms with van der Waals surface area (Å²) in [6, 6.07) is 5.24. The van der Waals surface area contributed by atoms with Gasteiger partial charge >= 0.3 is 0 Å². The van der Waals surface area contributed by atoms with Crippen molar-refractivity contribution in [3.05, 3.63) is 34.3 Å². The van der Waals surface area contributed by atoms with Gasteiger partial charge < -0.3 is 10.4 Å². The van der Waals surface area contributed by atoms with E-state index in [1.807, 2.05) is 13.0 Å². The van der Waals surface area contributed by atoms with E-state index in [1.165, 1.54) is 0 Å². The molecular formula is C13H16ClNO2. The van der Waals surface area contributed by atoms with Crippen LogP contribution < -0.4 is 5.32 Å². The quantitative estimate of drug-likeness (QED) is 0.868. The van der Waals surface area contributed by atoms with Crippen LogP contribution in [0.4, 0.5) is 0 Å². The lowest BCUT2D eigenvalue weighted by molar-refractivity contribution is 0.0641. The van der Waals surface area contributed by atoms with Gasteiger partial charge in [0, 0.05) is 10.6 Å². The second-order valence-electron chi connectivity index (χ2n) is 4.71. The number of benzene rings is 1. The Labute approximate surface area is 106 Å². The molecule has 0 atom stereocenters. The highest BCUT2D eigenvalue weighted by molar-refractivity contribution is 6.31. The molecule has 0 bridgehead atoms. The van der Waals surface area contributed by atoms with Gasteiger partial charge in [0.05, 0.1) is 12.1 Å². The molecule has 1 fully saturated rings. The number of amides is 1. The van der Waals surface area contributed by atoms with Crippen molar-refractivity contribution in [3.63, 3.8) is 0 Å². The molecule has 1 aliphatic carbocycles. The van der Waals surface area contributed by atoms with E-state index >= 15 is 0 Å². The molecule has 0 aromatic heterocycles. The lowest BCUT2D eigenvalue weighted by Gasteiger charge is -2.40. The first-order valence-corrected chi connectivity index (χ1v) is 6.14. The molecule has 0 heterocycles. The fourth-order valence-corrected chi connectivity index (χ4v) is 2.15. The lowest BCUT2D eigenvalue weighted by Crippen LogP contribution is -2.56. The van der Waals surface area contributed by atoms with Gasteiger partial charge in [-0.05, 0) is 43.9 Å². The van der Waals surface area contributed by atoms with Crippen LogP contribution in [0.3, 0.4) is 0 Å². The molecule has 17 heavy (non-hydrogen) atoms. The Balaban J connectivity index is 2.11. The molecule has 0 saturated heterocycles. The van der Waals surface area contributed by atoms with Gasteiger partial charge in [-0.2, -0.15) is 0 Å². The van der Waals surface area contributed by atoms with Crippen LogP contribution >= 0.6 is 11.6 Å². The first-order valence-electron chi connectivity index (χ1n) is 5.76. The molecule has 0 radical (unpaired) electrons. The molecule has 1 aliphatic rings. The minimum Gasteiger partial charge on any atom is -0.394 e. The van der Waals surface area contributed by atoms with Crippen LogP contribution in [0.25, 0.3) is 0 Å². The van der Waals surface area contributed by atoms with Crippen molar-refractivity contribution in [1.82, 2.24) is 5.32 Å². The molecule has 1 aromatic carbocycles. The molecule has 1 aromatic rings. The number of hydrogen-bond acceptors (Lipinski definition) is 2. The number of aryl methyl sites for hydroxylation is 1. The van der Waals surface area contributed by atoms with Crippen molar-refractivity contribution >= 4 is 17.5 Å². The van der Waals surface area contributed by atoms with E-state index in [4.69, 9.17) is 11.6 Å². The Morgan fingerprint density at radius 1 is 1.53 bits per heavy atom. The van der Waals surface area contributed by atoms with Crippen molar-refractivity contribution in [3.8, 4) is 0 Å². The summed E-state index contributed by atoms with van der Waals surface area (Å²) < 4.78 is 0. The SMILES string of the molecule is Cc1ccc(C(=O)NC2(CO)CCC2)cc1Cl. The summed E-state index contributed by atoms with van der Waals surface area (Å²) in [4.78, 5) is 12.0. The number of carbonyl (C=O) groups is 1. The highest BCUT2D eigenvalue weighted by atomic mass is 35.5. The average Bonchev–Trinajstić information content (AvgIpc) is 2.27. The minimum atomic E-state index is -0.408. The van der Waals surface area contributed by atoms with Crippen molar-refractivity contribution in [2.45, 2.75) is 31.7 Å². The minimum absolute atomic E-state index is 0.00165. The largest absolute Gasteiger partial charge is 0.394 e. The Kier molecular flexibility index (Phi) is 3.40. The summed E-state index contributed by atoms with van der Waals surface area (Å²) in [5.41, 5.74) is 1.08. The molecular weight excluding hydrogens is 238 g/mol. The van der Waals surface area contributed by atoms with Gasteiger partial charge in [-0.1, -0.05) is 17.7 Å². The fourth-order valence-electron chi connectivity index (χ4n) is 1.97. The third kappa shape index (κ3) is 2.45. The normalized spacial score (nSPS) is 17.4. The molecule has 1 amide bonds. The van der Waals surface area contributed by atoms with Crippen molar-refractivity contribution in [2.24, 2.45) is 0 Å². The van der Waals surface area contributed by atoms with Gasteiger partial charge in [0.1, 0.15) is 0 Å². The second kappa shape index (κ2) is 4.67. The molecule has 1 saturated carbocycles. The number of hydrogen-bond donors (Lipinski definition) is 2. The van der Waals surface area contributed by atoms with Crippen LogP contribution in [0.5, 0.6) is 0 Å². The number of carbonyl (C=O) groups excluding carboxylic acids is 1. The molecule has 0 aliphatic heterocycles. The van der Waals surface area contributed by atoms with Crippen LogP contribution in [0.2, 0.25) is 5.02 Å². The maximum atomic E-state index is 12.0. The predicted octanol–water partition coefficient (Wildman–Crippen LogP) is 2.29. The average molecular weight is 254 g/mol. The monoisotopic (exact) mass is 253 g/mol. The topological polar surface area (TPSA) is 49.3 Å². The summed E-state index contributed by atoms with van der Waals surface area (Å²) in [7, 11) is 0. The van der Waals surface area contributed by atoms with Gasteiger partial charge in [-0.3, -0.25) is 4.79 Å². The Morgan fingerprint density at radius 2 is 2.24 bits per heavy atom. The number of rotatable bonds is 3. The molecule has 2 rings (SSSR count). The zero-order chi connectivity index (χ0) is 12.5. The Bertz CT molecular complexity index is 436. The highest BCUT2D eigenvalue weighted by Gasteiger charge is 2.37. The van der Waals surface area contributed by atoms with Crippen LogP contribution in [-0.4, -0.2) is 23.2 Å². The van der Waals surface area contributed by atoms with Gasteiger partial charge in [-0.15, -0.1) is 0 Å². The molecule has 4 heteroatoms. The number of aliphatic hydroxyl groups is 1. The predicted molar refractivity (Wildman–Crippen MR) is 67.3 cm³/mol. The fraction of sp³-hybridized carbons (Fsp3) is 0.462. The van der Waals surface area contributed by atoms with E-state index in [0.717, 1.165) is 24.8 Å². The van der Waals surface area contributed by atoms with Crippen molar-refractivity contribution in [1.29, 1.82) is 0 Å². The smallest absolute Gasteiger partial charge is 0.251 e. The van der Waals surface area contributed by atoms with E-state index in [1.54, 1.807) is 12.1 Å².